The fraction of sp³-hybridized carbons (Fsp3) is 0.190. The molecule has 1 aromatic heterocycles. The Morgan fingerprint density at radius 2 is 1.65 bits per heavy atom. The fourth-order valence-corrected chi connectivity index (χ4v) is 3.15. The summed E-state index contributed by atoms with van der Waals surface area (Å²) < 4.78 is 18.3. The van der Waals surface area contributed by atoms with Gasteiger partial charge in [-0.2, -0.15) is 0 Å². The van der Waals surface area contributed by atoms with Gasteiger partial charge in [0.2, 0.25) is 5.75 Å². The van der Waals surface area contributed by atoms with E-state index in [1.807, 2.05) is 42.1 Å². The molecule has 134 valence electrons. The summed E-state index contributed by atoms with van der Waals surface area (Å²) in [4.78, 5) is 0. The molecule has 0 saturated heterocycles. The van der Waals surface area contributed by atoms with E-state index in [9.17, 15) is 0 Å². The molecule has 0 spiro atoms. The molecule has 3 aromatic rings. The molecule has 5 nitrogen and oxygen atoms in total. The van der Waals surface area contributed by atoms with Crippen molar-refractivity contribution >= 4 is 22.7 Å². The molecule has 3 rings (SSSR count). The van der Waals surface area contributed by atoms with Crippen molar-refractivity contribution in [1.82, 2.24) is 4.57 Å². The van der Waals surface area contributed by atoms with Gasteiger partial charge in [-0.3, -0.25) is 0 Å². The topological polar surface area (TPSA) is 56.5 Å². The highest BCUT2D eigenvalue weighted by atomic mass is 16.5. The van der Waals surface area contributed by atoms with E-state index in [0.29, 0.717) is 17.2 Å². The molecule has 26 heavy (non-hydrogen) atoms. The Bertz CT molecular complexity index is 977. The average molecular weight is 350 g/mol. The van der Waals surface area contributed by atoms with Gasteiger partial charge in [-0.05, 0) is 41.0 Å². The van der Waals surface area contributed by atoms with E-state index in [1.165, 1.54) is 6.21 Å². The number of hydrogen-bond acceptors (Lipinski definition) is 4. The first-order valence-electron chi connectivity index (χ1n) is 8.13. The maximum atomic E-state index is 7.62. The van der Waals surface area contributed by atoms with E-state index in [-0.39, 0.29) is 0 Å². The predicted octanol–water partition coefficient (Wildman–Crippen LogP) is 4.26. The second-order valence-corrected chi connectivity index (χ2v) is 5.96. The van der Waals surface area contributed by atoms with Gasteiger partial charge in [0.15, 0.2) is 11.5 Å². The minimum atomic E-state index is 0.552. The van der Waals surface area contributed by atoms with Crippen molar-refractivity contribution in [3.8, 4) is 17.2 Å². The molecule has 0 aliphatic carbocycles. The van der Waals surface area contributed by atoms with Crippen LogP contribution in [0.15, 0.2) is 43.1 Å². The summed E-state index contributed by atoms with van der Waals surface area (Å²) in [6.45, 7) is 4.25. The smallest absolute Gasteiger partial charge is 0.203 e. The zero-order chi connectivity index (χ0) is 18.8. The van der Waals surface area contributed by atoms with Crippen molar-refractivity contribution in [1.29, 1.82) is 5.41 Å². The largest absolute Gasteiger partial charge is 0.493 e. The predicted molar refractivity (Wildman–Crippen MR) is 105 cm³/mol. The molecule has 1 heterocycles. The summed E-state index contributed by atoms with van der Waals surface area (Å²) in [6, 6.07) is 9.90. The zero-order valence-electron chi connectivity index (χ0n) is 15.4. The lowest BCUT2D eigenvalue weighted by atomic mass is 9.97. The van der Waals surface area contributed by atoms with Crippen LogP contribution in [0.1, 0.15) is 16.7 Å². The number of nitrogens with zero attached hydrogens (tertiary/aromatic N) is 1. The molecule has 0 fully saturated rings. The quantitative estimate of drug-likeness (QED) is 0.676. The maximum Gasteiger partial charge on any atom is 0.203 e. The van der Waals surface area contributed by atoms with Gasteiger partial charge in [-0.15, -0.1) is 0 Å². The number of aryl methyl sites for hydroxylation is 1. The summed E-state index contributed by atoms with van der Waals surface area (Å²) >= 11 is 0. The van der Waals surface area contributed by atoms with E-state index in [2.05, 4.69) is 12.6 Å². The van der Waals surface area contributed by atoms with Crippen LogP contribution < -0.4 is 14.2 Å². The summed E-state index contributed by atoms with van der Waals surface area (Å²) in [6.07, 6.45) is 3.32. The first kappa shape index (κ1) is 17.6. The lowest BCUT2D eigenvalue weighted by Crippen LogP contribution is -1.97. The number of rotatable bonds is 6. The van der Waals surface area contributed by atoms with E-state index in [4.69, 9.17) is 19.6 Å². The molecule has 0 aliphatic rings. The van der Waals surface area contributed by atoms with Gasteiger partial charge in [-0.1, -0.05) is 12.6 Å². The lowest BCUT2D eigenvalue weighted by Gasteiger charge is -2.15. The molecular weight excluding hydrogens is 328 g/mol. The van der Waals surface area contributed by atoms with Crippen LogP contribution in [0.4, 0.5) is 0 Å². The third kappa shape index (κ3) is 2.81. The van der Waals surface area contributed by atoms with Crippen LogP contribution in [-0.4, -0.2) is 32.1 Å². The Hall–Kier alpha value is -3.21. The standard InChI is InChI=1S/C21H22N2O3/c1-13(15-9-19(24-3)21(26-5)20(10-15)25-4)14-6-7-18-17(8-14)16(11-22)12-23(18)2/h6-12,22H,1H2,2-5H3. The van der Waals surface area contributed by atoms with Crippen LogP contribution in [0.3, 0.4) is 0 Å². The number of ether oxygens (including phenoxy) is 3. The van der Waals surface area contributed by atoms with Gasteiger partial charge in [0.25, 0.3) is 0 Å². The van der Waals surface area contributed by atoms with E-state index in [0.717, 1.165) is 33.2 Å². The number of aromatic nitrogens is 1. The van der Waals surface area contributed by atoms with Crippen molar-refractivity contribution in [2.75, 3.05) is 21.3 Å². The third-order valence-electron chi connectivity index (χ3n) is 4.54. The Kier molecular flexibility index (Phi) is 4.71. The summed E-state index contributed by atoms with van der Waals surface area (Å²) in [5.41, 5.74) is 4.64. The summed E-state index contributed by atoms with van der Waals surface area (Å²) in [7, 11) is 6.74. The van der Waals surface area contributed by atoms with E-state index < -0.39 is 0 Å². The second-order valence-electron chi connectivity index (χ2n) is 5.96. The maximum absolute atomic E-state index is 7.62. The minimum absolute atomic E-state index is 0.552. The fourth-order valence-electron chi connectivity index (χ4n) is 3.15. The van der Waals surface area contributed by atoms with Crippen LogP contribution in [0, 0.1) is 5.41 Å². The molecule has 0 aliphatic heterocycles. The summed E-state index contributed by atoms with van der Waals surface area (Å²) in [5, 5.41) is 8.65. The van der Waals surface area contributed by atoms with Crippen LogP contribution in [0.2, 0.25) is 0 Å². The first-order valence-corrected chi connectivity index (χ1v) is 8.13. The molecule has 5 heteroatoms. The number of methoxy groups -OCH3 is 3. The molecule has 0 atom stereocenters. The zero-order valence-corrected chi connectivity index (χ0v) is 15.4. The highest BCUT2D eigenvalue weighted by Crippen LogP contribution is 2.41. The molecule has 2 aromatic carbocycles. The number of fused-ring (bicyclic) bond motifs is 1. The van der Waals surface area contributed by atoms with Crippen molar-refractivity contribution in [2.24, 2.45) is 7.05 Å². The minimum Gasteiger partial charge on any atom is -0.493 e. The average Bonchev–Trinajstić information content (AvgIpc) is 3.01. The lowest BCUT2D eigenvalue weighted by molar-refractivity contribution is 0.324. The number of hydrogen-bond donors (Lipinski definition) is 1. The van der Waals surface area contributed by atoms with Crippen molar-refractivity contribution < 1.29 is 14.2 Å². The van der Waals surface area contributed by atoms with E-state index >= 15 is 0 Å². The SMILES string of the molecule is C=C(c1cc(OC)c(OC)c(OC)c1)c1ccc2c(c1)c(C=N)cn2C. The second kappa shape index (κ2) is 6.96. The van der Waals surface area contributed by atoms with Gasteiger partial charge >= 0.3 is 0 Å². The van der Waals surface area contributed by atoms with Gasteiger partial charge in [-0.25, -0.2) is 0 Å². The molecule has 1 N–H and O–H groups in total. The van der Waals surface area contributed by atoms with E-state index in [1.54, 1.807) is 21.3 Å². The first-order chi connectivity index (χ1) is 12.5. The van der Waals surface area contributed by atoms with Crippen LogP contribution in [-0.2, 0) is 7.05 Å². The highest BCUT2D eigenvalue weighted by Gasteiger charge is 2.16. The Morgan fingerprint density at radius 3 is 2.19 bits per heavy atom. The number of benzene rings is 2. The molecule has 0 unspecified atom stereocenters. The normalized spacial score (nSPS) is 10.6. The van der Waals surface area contributed by atoms with Gasteiger partial charge in [0.05, 0.1) is 21.3 Å². The van der Waals surface area contributed by atoms with Gasteiger partial charge in [0, 0.05) is 35.9 Å². The van der Waals surface area contributed by atoms with Crippen LogP contribution in [0.5, 0.6) is 17.2 Å². The Labute approximate surface area is 152 Å². The Balaban J connectivity index is 2.12. The van der Waals surface area contributed by atoms with Gasteiger partial charge < -0.3 is 24.2 Å². The van der Waals surface area contributed by atoms with Crippen molar-refractivity contribution in [2.45, 2.75) is 0 Å². The summed E-state index contributed by atoms with van der Waals surface area (Å²) in [5.74, 6) is 1.73. The molecule has 0 bridgehead atoms. The molecular formula is C21H22N2O3. The third-order valence-corrected chi connectivity index (χ3v) is 4.54. The van der Waals surface area contributed by atoms with Gasteiger partial charge in [0.1, 0.15) is 0 Å². The molecule has 0 saturated carbocycles. The van der Waals surface area contributed by atoms with Crippen molar-refractivity contribution in [3.05, 3.63) is 59.8 Å². The number of nitrogens with one attached hydrogen (secondary N) is 1. The Morgan fingerprint density at radius 1 is 1.00 bits per heavy atom. The highest BCUT2D eigenvalue weighted by molar-refractivity contribution is 6.00. The molecule has 0 radical (unpaired) electrons. The van der Waals surface area contributed by atoms with Crippen LogP contribution in [0.25, 0.3) is 16.5 Å². The van der Waals surface area contributed by atoms with Crippen LogP contribution >= 0.6 is 0 Å². The van der Waals surface area contributed by atoms with Crippen molar-refractivity contribution in [3.63, 3.8) is 0 Å². The molecule has 0 amide bonds. The monoisotopic (exact) mass is 350 g/mol.